The van der Waals surface area contributed by atoms with Gasteiger partial charge < -0.3 is 14.4 Å². The van der Waals surface area contributed by atoms with E-state index in [0.717, 1.165) is 0 Å². The molecule has 6 heteroatoms. The van der Waals surface area contributed by atoms with Crippen molar-refractivity contribution in [2.75, 3.05) is 13.1 Å². The van der Waals surface area contributed by atoms with E-state index in [2.05, 4.69) is 0 Å². The summed E-state index contributed by atoms with van der Waals surface area (Å²) >= 11 is 0. The lowest BCUT2D eigenvalue weighted by atomic mass is 10.2. The number of nitrogens with zero attached hydrogens (tertiary/aromatic N) is 2. The molecule has 0 aliphatic carbocycles. The van der Waals surface area contributed by atoms with E-state index in [1.165, 1.54) is 4.57 Å². The van der Waals surface area contributed by atoms with Crippen LogP contribution in [0.5, 0.6) is 0 Å². The third-order valence-corrected chi connectivity index (χ3v) is 3.32. The number of benzene rings is 1. The number of fused-ring (bicyclic) bond motifs is 1. The number of rotatable bonds is 5. The number of aromatic nitrogens is 1. The van der Waals surface area contributed by atoms with Gasteiger partial charge >= 0.3 is 5.76 Å². The third kappa shape index (κ3) is 2.60. The minimum Gasteiger partial charge on any atom is -0.408 e. The minimum absolute atomic E-state index is 0.0532. The lowest BCUT2D eigenvalue weighted by molar-refractivity contribution is -0.131. The summed E-state index contributed by atoms with van der Waals surface area (Å²) < 4.78 is 6.40. The van der Waals surface area contributed by atoms with E-state index in [-0.39, 0.29) is 19.1 Å². The maximum absolute atomic E-state index is 12.1. The van der Waals surface area contributed by atoms with Crippen LogP contribution in [0.4, 0.5) is 0 Å². The molecule has 108 valence electrons. The fraction of sp³-hybridized carbons (Fsp3) is 0.429. The number of hydrogen-bond donors (Lipinski definition) is 1. The topological polar surface area (TPSA) is 75.7 Å². The van der Waals surface area contributed by atoms with E-state index in [1.54, 1.807) is 23.1 Å². The summed E-state index contributed by atoms with van der Waals surface area (Å²) in [7, 11) is 0. The molecule has 0 atom stereocenters. The normalized spacial score (nSPS) is 10.9. The zero-order chi connectivity index (χ0) is 14.7. The molecule has 0 unspecified atom stereocenters. The first-order valence-electron chi connectivity index (χ1n) is 6.61. The molecule has 6 nitrogen and oxygen atoms in total. The molecule has 0 radical (unpaired) electrons. The van der Waals surface area contributed by atoms with Gasteiger partial charge in [0.1, 0.15) is 6.54 Å². The molecule has 0 spiro atoms. The largest absolute Gasteiger partial charge is 0.420 e. The Morgan fingerprint density at radius 1 is 1.35 bits per heavy atom. The van der Waals surface area contributed by atoms with Crippen LogP contribution in [0.25, 0.3) is 11.1 Å². The van der Waals surface area contributed by atoms with Gasteiger partial charge in [-0.25, -0.2) is 4.79 Å². The molecule has 0 saturated carbocycles. The number of carbonyl (C=O) groups is 1. The van der Waals surface area contributed by atoms with Crippen molar-refractivity contribution in [1.82, 2.24) is 9.47 Å². The van der Waals surface area contributed by atoms with Gasteiger partial charge in [-0.2, -0.15) is 0 Å². The number of oxazole rings is 1. The molecule has 2 aromatic rings. The molecular weight excluding hydrogens is 260 g/mol. The van der Waals surface area contributed by atoms with Gasteiger partial charge in [0.05, 0.1) is 12.1 Å². The van der Waals surface area contributed by atoms with E-state index < -0.39 is 5.76 Å². The van der Waals surface area contributed by atoms with Crippen LogP contribution in [0.15, 0.2) is 27.4 Å². The molecule has 0 fully saturated rings. The summed E-state index contributed by atoms with van der Waals surface area (Å²) in [6.45, 7) is 4.80. The smallest absolute Gasteiger partial charge is 0.408 e. The second-order valence-corrected chi connectivity index (χ2v) is 4.48. The summed E-state index contributed by atoms with van der Waals surface area (Å²) in [6.07, 6.45) is 0. The maximum atomic E-state index is 12.1. The van der Waals surface area contributed by atoms with Crippen LogP contribution < -0.4 is 5.76 Å². The van der Waals surface area contributed by atoms with E-state index in [9.17, 15) is 9.59 Å². The maximum Gasteiger partial charge on any atom is 0.420 e. The predicted octanol–water partition coefficient (Wildman–Crippen LogP) is 0.955. The van der Waals surface area contributed by atoms with Crippen molar-refractivity contribution in [3.05, 3.63) is 34.3 Å². The SMILES string of the molecule is CCN(CC)C(=O)Cn1c(=O)oc2ccc(CO)cc21. The summed E-state index contributed by atoms with van der Waals surface area (Å²) in [5.41, 5.74) is 1.61. The Kier molecular flexibility index (Phi) is 4.24. The highest BCUT2D eigenvalue weighted by molar-refractivity contribution is 5.80. The van der Waals surface area contributed by atoms with Crippen LogP contribution in [0.1, 0.15) is 19.4 Å². The Morgan fingerprint density at radius 3 is 2.65 bits per heavy atom. The molecule has 0 aliphatic heterocycles. The summed E-state index contributed by atoms with van der Waals surface area (Å²) in [6, 6.07) is 4.97. The molecular formula is C14H18N2O4. The van der Waals surface area contributed by atoms with Crippen LogP contribution >= 0.6 is 0 Å². The Hall–Kier alpha value is -2.08. The first kappa shape index (κ1) is 14.3. The number of carbonyl (C=O) groups excluding carboxylic acids is 1. The van der Waals surface area contributed by atoms with Crippen molar-refractivity contribution in [1.29, 1.82) is 0 Å². The van der Waals surface area contributed by atoms with Gasteiger partial charge in [0.25, 0.3) is 0 Å². The van der Waals surface area contributed by atoms with Gasteiger partial charge in [-0.15, -0.1) is 0 Å². The molecule has 1 aromatic heterocycles. The summed E-state index contributed by atoms with van der Waals surface area (Å²) in [5, 5.41) is 9.15. The molecule has 2 rings (SSSR count). The highest BCUT2D eigenvalue weighted by Gasteiger charge is 2.16. The Labute approximate surface area is 116 Å². The first-order valence-corrected chi connectivity index (χ1v) is 6.61. The van der Waals surface area contributed by atoms with Crippen molar-refractivity contribution < 1.29 is 14.3 Å². The van der Waals surface area contributed by atoms with Crippen molar-refractivity contribution >= 4 is 17.0 Å². The fourth-order valence-corrected chi connectivity index (χ4v) is 2.17. The molecule has 20 heavy (non-hydrogen) atoms. The fourth-order valence-electron chi connectivity index (χ4n) is 2.17. The summed E-state index contributed by atoms with van der Waals surface area (Å²) in [4.78, 5) is 25.6. The lowest BCUT2D eigenvalue weighted by Gasteiger charge is -2.18. The standard InChI is InChI=1S/C14H18N2O4/c1-3-15(4-2)13(18)8-16-11-7-10(9-17)5-6-12(11)20-14(16)19/h5-7,17H,3-4,8-9H2,1-2H3. The Balaban J connectivity index is 2.40. The minimum atomic E-state index is -0.560. The number of amides is 1. The number of aliphatic hydroxyl groups is 1. The molecule has 1 N–H and O–H groups in total. The highest BCUT2D eigenvalue weighted by atomic mass is 16.4. The molecule has 0 aliphatic rings. The quantitative estimate of drug-likeness (QED) is 0.883. The van der Waals surface area contributed by atoms with E-state index in [4.69, 9.17) is 9.52 Å². The van der Waals surface area contributed by atoms with Gasteiger partial charge in [0.15, 0.2) is 5.58 Å². The average molecular weight is 278 g/mol. The Morgan fingerprint density at radius 2 is 2.05 bits per heavy atom. The van der Waals surface area contributed by atoms with Gasteiger partial charge in [0, 0.05) is 13.1 Å². The van der Waals surface area contributed by atoms with Crippen LogP contribution in [-0.4, -0.2) is 33.6 Å². The van der Waals surface area contributed by atoms with Crippen molar-refractivity contribution in [2.24, 2.45) is 0 Å². The van der Waals surface area contributed by atoms with Gasteiger partial charge in [-0.1, -0.05) is 6.07 Å². The lowest BCUT2D eigenvalue weighted by Crippen LogP contribution is -2.35. The monoisotopic (exact) mass is 278 g/mol. The van der Waals surface area contributed by atoms with Crippen LogP contribution in [0, 0.1) is 0 Å². The summed E-state index contributed by atoms with van der Waals surface area (Å²) in [5.74, 6) is -0.690. The third-order valence-electron chi connectivity index (χ3n) is 3.32. The number of hydrogen-bond acceptors (Lipinski definition) is 4. The van der Waals surface area contributed by atoms with Crippen LogP contribution in [-0.2, 0) is 17.9 Å². The van der Waals surface area contributed by atoms with Gasteiger partial charge in [0.2, 0.25) is 5.91 Å². The van der Waals surface area contributed by atoms with E-state index >= 15 is 0 Å². The molecule has 1 aromatic carbocycles. The van der Waals surface area contributed by atoms with E-state index in [0.29, 0.717) is 29.8 Å². The second kappa shape index (κ2) is 5.92. The first-order chi connectivity index (χ1) is 9.60. The average Bonchev–Trinajstić information content (AvgIpc) is 2.76. The van der Waals surface area contributed by atoms with Crippen molar-refractivity contribution in [2.45, 2.75) is 27.0 Å². The highest BCUT2D eigenvalue weighted by Crippen LogP contribution is 2.15. The zero-order valence-corrected chi connectivity index (χ0v) is 11.6. The van der Waals surface area contributed by atoms with E-state index in [1.807, 2.05) is 13.8 Å². The number of likely N-dealkylation sites (N-methyl/N-ethyl adjacent to an activating group) is 1. The Bertz CT molecular complexity index is 667. The van der Waals surface area contributed by atoms with Crippen LogP contribution in [0.3, 0.4) is 0 Å². The van der Waals surface area contributed by atoms with Crippen molar-refractivity contribution in [3.63, 3.8) is 0 Å². The number of aliphatic hydroxyl groups excluding tert-OH is 1. The van der Waals surface area contributed by atoms with Crippen molar-refractivity contribution in [3.8, 4) is 0 Å². The van der Waals surface area contributed by atoms with Gasteiger partial charge in [-0.3, -0.25) is 9.36 Å². The predicted molar refractivity (Wildman–Crippen MR) is 74.3 cm³/mol. The van der Waals surface area contributed by atoms with Crippen LogP contribution in [0.2, 0.25) is 0 Å². The zero-order valence-electron chi connectivity index (χ0n) is 11.6. The molecule has 0 bridgehead atoms. The molecule has 1 amide bonds. The molecule has 0 saturated heterocycles. The van der Waals surface area contributed by atoms with Gasteiger partial charge in [-0.05, 0) is 31.5 Å². The molecule has 1 heterocycles. The second-order valence-electron chi connectivity index (χ2n) is 4.48.